The Kier molecular flexibility index (Phi) is 3.09. The van der Waals surface area contributed by atoms with Gasteiger partial charge in [0.15, 0.2) is 4.88 Å². The SMILES string of the molecule is O=C(O)c1snnc1-c1cccc(Cl)c1Cl. The molecular weight excluding hydrogens is 271 g/mol. The van der Waals surface area contributed by atoms with Crippen molar-refractivity contribution in [3.63, 3.8) is 0 Å². The summed E-state index contributed by atoms with van der Waals surface area (Å²) in [5.74, 6) is -1.08. The third-order valence-corrected chi connectivity index (χ3v) is 3.42. The van der Waals surface area contributed by atoms with Crippen molar-refractivity contribution in [2.75, 3.05) is 0 Å². The zero-order chi connectivity index (χ0) is 11.7. The molecule has 7 heteroatoms. The van der Waals surface area contributed by atoms with Crippen molar-refractivity contribution in [3.05, 3.63) is 33.1 Å². The fourth-order valence-corrected chi connectivity index (χ4v) is 2.10. The molecule has 0 saturated carbocycles. The van der Waals surface area contributed by atoms with Crippen molar-refractivity contribution < 1.29 is 9.90 Å². The van der Waals surface area contributed by atoms with Gasteiger partial charge in [-0.25, -0.2) is 4.79 Å². The molecule has 0 spiro atoms. The monoisotopic (exact) mass is 274 g/mol. The van der Waals surface area contributed by atoms with E-state index in [0.29, 0.717) is 10.6 Å². The van der Waals surface area contributed by atoms with Gasteiger partial charge >= 0.3 is 5.97 Å². The maximum absolute atomic E-state index is 10.9. The number of hydrogen-bond donors (Lipinski definition) is 1. The Bertz CT molecular complexity index is 556. The molecule has 1 aromatic carbocycles. The van der Waals surface area contributed by atoms with Crippen LogP contribution in [0.3, 0.4) is 0 Å². The molecule has 82 valence electrons. The number of aromatic nitrogens is 2. The van der Waals surface area contributed by atoms with Gasteiger partial charge < -0.3 is 5.11 Å². The van der Waals surface area contributed by atoms with Gasteiger partial charge in [-0.15, -0.1) is 5.10 Å². The number of carboxylic acid groups (broad SMARTS) is 1. The van der Waals surface area contributed by atoms with Crippen LogP contribution in [-0.2, 0) is 0 Å². The summed E-state index contributed by atoms with van der Waals surface area (Å²) in [5, 5.41) is 13.3. The van der Waals surface area contributed by atoms with Crippen LogP contribution in [0, 0.1) is 0 Å². The van der Waals surface area contributed by atoms with Crippen LogP contribution in [0.5, 0.6) is 0 Å². The summed E-state index contributed by atoms with van der Waals surface area (Å²) >= 11 is 12.6. The largest absolute Gasteiger partial charge is 0.477 e. The molecule has 0 unspecified atom stereocenters. The van der Waals surface area contributed by atoms with Crippen LogP contribution in [0.15, 0.2) is 18.2 Å². The number of hydrogen-bond acceptors (Lipinski definition) is 4. The molecule has 0 amide bonds. The lowest BCUT2D eigenvalue weighted by atomic mass is 10.1. The van der Waals surface area contributed by atoms with E-state index < -0.39 is 5.97 Å². The third-order valence-electron chi connectivity index (χ3n) is 1.89. The predicted molar refractivity (Wildman–Crippen MR) is 62.3 cm³/mol. The predicted octanol–water partition coefficient (Wildman–Crippen LogP) is 3.21. The van der Waals surface area contributed by atoms with Crippen LogP contribution in [0.25, 0.3) is 11.3 Å². The molecule has 1 heterocycles. The fourth-order valence-electron chi connectivity index (χ4n) is 1.19. The quantitative estimate of drug-likeness (QED) is 0.914. The Hall–Kier alpha value is -1.17. The highest BCUT2D eigenvalue weighted by Gasteiger charge is 2.19. The number of halogens is 2. The van der Waals surface area contributed by atoms with Crippen LogP contribution < -0.4 is 0 Å². The van der Waals surface area contributed by atoms with E-state index in [9.17, 15) is 4.79 Å². The van der Waals surface area contributed by atoms with E-state index in [-0.39, 0.29) is 15.6 Å². The highest BCUT2D eigenvalue weighted by atomic mass is 35.5. The molecule has 0 atom stereocenters. The standard InChI is InChI=1S/C9H4Cl2N2O2S/c10-5-3-1-2-4(6(5)11)7-8(9(14)15)16-13-12-7/h1-3H,(H,14,15). The van der Waals surface area contributed by atoms with Gasteiger partial charge in [-0.3, -0.25) is 0 Å². The minimum atomic E-state index is -1.08. The van der Waals surface area contributed by atoms with Crippen LogP contribution in [0.2, 0.25) is 10.0 Å². The molecule has 0 radical (unpaired) electrons. The van der Waals surface area contributed by atoms with Crippen molar-refractivity contribution in [1.29, 1.82) is 0 Å². The summed E-state index contributed by atoms with van der Waals surface area (Å²) in [7, 11) is 0. The number of aromatic carboxylic acids is 1. The zero-order valence-electron chi connectivity index (χ0n) is 7.65. The first kappa shape index (κ1) is 11.3. The molecule has 0 bridgehead atoms. The normalized spacial score (nSPS) is 10.4. The van der Waals surface area contributed by atoms with Crippen molar-refractivity contribution in [1.82, 2.24) is 9.59 Å². The van der Waals surface area contributed by atoms with Gasteiger partial charge in [-0.2, -0.15) is 0 Å². The number of carbonyl (C=O) groups is 1. The Morgan fingerprint density at radius 3 is 2.81 bits per heavy atom. The minimum absolute atomic E-state index is 0.0455. The molecule has 16 heavy (non-hydrogen) atoms. The van der Waals surface area contributed by atoms with Crippen molar-refractivity contribution in [2.45, 2.75) is 0 Å². The van der Waals surface area contributed by atoms with Gasteiger partial charge in [-0.05, 0) is 17.6 Å². The summed E-state index contributed by atoms with van der Waals surface area (Å²) in [6.07, 6.45) is 0. The molecule has 2 rings (SSSR count). The Morgan fingerprint density at radius 1 is 1.38 bits per heavy atom. The van der Waals surface area contributed by atoms with Gasteiger partial charge in [0.05, 0.1) is 10.0 Å². The van der Waals surface area contributed by atoms with E-state index in [1.165, 1.54) is 0 Å². The van der Waals surface area contributed by atoms with Crippen LogP contribution in [0.1, 0.15) is 9.67 Å². The molecule has 0 aliphatic carbocycles. The van der Waals surface area contributed by atoms with Gasteiger partial charge in [0.25, 0.3) is 0 Å². The van der Waals surface area contributed by atoms with Gasteiger partial charge in [-0.1, -0.05) is 39.8 Å². The Labute approximate surface area is 105 Å². The lowest BCUT2D eigenvalue weighted by Crippen LogP contribution is -1.95. The highest BCUT2D eigenvalue weighted by molar-refractivity contribution is 7.08. The van der Waals surface area contributed by atoms with E-state index in [2.05, 4.69) is 9.59 Å². The first-order chi connectivity index (χ1) is 7.61. The topological polar surface area (TPSA) is 63.1 Å². The maximum Gasteiger partial charge on any atom is 0.349 e. The molecule has 0 saturated heterocycles. The Balaban J connectivity index is 2.63. The van der Waals surface area contributed by atoms with Gasteiger partial charge in [0.1, 0.15) is 5.69 Å². The zero-order valence-corrected chi connectivity index (χ0v) is 9.97. The van der Waals surface area contributed by atoms with Crippen LogP contribution in [-0.4, -0.2) is 20.7 Å². The minimum Gasteiger partial charge on any atom is -0.477 e. The molecule has 0 aliphatic heterocycles. The highest BCUT2D eigenvalue weighted by Crippen LogP contribution is 2.34. The molecule has 4 nitrogen and oxygen atoms in total. The average molecular weight is 275 g/mol. The van der Waals surface area contributed by atoms with Crippen molar-refractivity contribution in [3.8, 4) is 11.3 Å². The molecule has 2 aromatic rings. The van der Waals surface area contributed by atoms with E-state index in [1.54, 1.807) is 18.2 Å². The fraction of sp³-hybridized carbons (Fsp3) is 0. The van der Waals surface area contributed by atoms with Gasteiger partial charge in [0, 0.05) is 5.56 Å². The first-order valence-electron chi connectivity index (χ1n) is 4.11. The number of carboxylic acids is 1. The lowest BCUT2D eigenvalue weighted by molar-refractivity contribution is 0.0702. The maximum atomic E-state index is 10.9. The molecular formula is C9H4Cl2N2O2S. The van der Waals surface area contributed by atoms with Crippen molar-refractivity contribution >= 4 is 40.7 Å². The van der Waals surface area contributed by atoms with Crippen molar-refractivity contribution in [2.24, 2.45) is 0 Å². The van der Waals surface area contributed by atoms with E-state index in [0.717, 1.165) is 11.5 Å². The second-order valence-corrected chi connectivity index (χ2v) is 4.40. The van der Waals surface area contributed by atoms with Crippen LogP contribution >= 0.6 is 34.7 Å². The number of rotatable bonds is 2. The Morgan fingerprint density at radius 2 is 2.12 bits per heavy atom. The van der Waals surface area contributed by atoms with E-state index >= 15 is 0 Å². The average Bonchev–Trinajstić information content (AvgIpc) is 2.70. The summed E-state index contributed by atoms with van der Waals surface area (Å²) in [6, 6.07) is 4.94. The van der Waals surface area contributed by atoms with E-state index in [1.807, 2.05) is 0 Å². The summed E-state index contributed by atoms with van der Waals surface area (Å²) in [5.41, 5.74) is 0.713. The summed E-state index contributed by atoms with van der Waals surface area (Å²) in [6.45, 7) is 0. The summed E-state index contributed by atoms with van der Waals surface area (Å²) < 4.78 is 3.60. The van der Waals surface area contributed by atoms with Gasteiger partial charge in [0.2, 0.25) is 0 Å². The number of benzene rings is 1. The smallest absolute Gasteiger partial charge is 0.349 e. The molecule has 1 aromatic heterocycles. The number of nitrogens with zero attached hydrogens (tertiary/aromatic N) is 2. The first-order valence-corrected chi connectivity index (χ1v) is 5.64. The molecule has 1 N–H and O–H groups in total. The second kappa shape index (κ2) is 4.37. The second-order valence-electron chi connectivity index (χ2n) is 2.86. The summed E-state index contributed by atoms with van der Waals surface area (Å²) in [4.78, 5) is 11.0. The lowest BCUT2D eigenvalue weighted by Gasteiger charge is -2.02. The van der Waals surface area contributed by atoms with Crippen LogP contribution in [0.4, 0.5) is 0 Å². The molecule has 0 aliphatic rings. The molecule has 0 fully saturated rings. The van der Waals surface area contributed by atoms with E-state index in [4.69, 9.17) is 28.3 Å². The third kappa shape index (κ3) is 1.89.